The van der Waals surface area contributed by atoms with Crippen LogP contribution in [0.25, 0.3) is 28.3 Å². The molecule has 11 nitrogen and oxygen atoms in total. The maximum atomic E-state index is 6.24. The number of hydrogen-bond acceptors (Lipinski definition) is 9. The highest BCUT2D eigenvalue weighted by Gasteiger charge is 2.20. The maximum Gasteiger partial charge on any atom is 0.231 e. The second-order valence-corrected chi connectivity index (χ2v) is 9.17. The van der Waals surface area contributed by atoms with Crippen molar-refractivity contribution >= 4 is 22.6 Å². The summed E-state index contributed by atoms with van der Waals surface area (Å²) in [5, 5.41) is 5.40. The van der Waals surface area contributed by atoms with E-state index in [0.29, 0.717) is 30.0 Å². The minimum Gasteiger partial charge on any atom is -0.461 e. The van der Waals surface area contributed by atoms with Crippen LogP contribution in [0.1, 0.15) is 5.56 Å². The summed E-state index contributed by atoms with van der Waals surface area (Å²) in [5.41, 5.74) is 8.99. The molecule has 7 rings (SSSR count). The van der Waals surface area contributed by atoms with Crippen molar-refractivity contribution in [2.24, 2.45) is 0 Å². The standard InChI is InChI=1S/C25H26N8O3/c26-25-28-23-18(24-27-22(29-33(24)25)20-2-1-13-34-20)5-6-32(23)12-11-30-7-9-31(10-8-30)15-17-3-4-19-21(14-17)36-16-35-19/h1-6,13-14H,7-12,15-16H2,(H2,26,28). The fourth-order valence-corrected chi connectivity index (χ4v) is 4.97. The first-order valence-electron chi connectivity index (χ1n) is 12.1. The number of nitrogens with two attached hydrogens (primary N) is 1. The van der Waals surface area contributed by atoms with E-state index in [1.54, 1.807) is 10.8 Å². The Morgan fingerprint density at radius 2 is 1.75 bits per heavy atom. The molecule has 0 saturated carbocycles. The van der Waals surface area contributed by atoms with Crippen LogP contribution in [0.4, 0.5) is 5.95 Å². The summed E-state index contributed by atoms with van der Waals surface area (Å²) in [6.07, 6.45) is 3.65. The highest BCUT2D eigenvalue weighted by atomic mass is 16.7. The summed E-state index contributed by atoms with van der Waals surface area (Å²) in [4.78, 5) is 14.3. The molecule has 11 heteroatoms. The lowest BCUT2D eigenvalue weighted by Gasteiger charge is -2.34. The van der Waals surface area contributed by atoms with Gasteiger partial charge in [-0.1, -0.05) is 6.07 Å². The van der Waals surface area contributed by atoms with Crippen LogP contribution >= 0.6 is 0 Å². The van der Waals surface area contributed by atoms with Gasteiger partial charge >= 0.3 is 0 Å². The quantitative estimate of drug-likeness (QED) is 0.387. The smallest absolute Gasteiger partial charge is 0.231 e. The van der Waals surface area contributed by atoms with E-state index >= 15 is 0 Å². The van der Waals surface area contributed by atoms with Crippen molar-refractivity contribution in [1.29, 1.82) is 0 Å². The molecule has 5 aromatic rings. The monoisotopic (exact) mass is 486 g/mol. The fourth-order valence-electron chi connectivity index (χ4n) is 4.97. The minimum atomic E-state index is 0.305. The lowest BCUT2D eigenvalue weighted by atomic mass is 10.1. The van der Waals surface area contributed by atoms with Crippen LogP contribution in [0.15, 0.2) is 53.3 Å². The maximum absolute atomic E-state index is 6.24. The van der Waals surface area contributed by atoms with Crippen LogP contribution in [-0.4, -0.2) is 73.5 Å². The van der Waals surface area contributed by atoms with Gasteiger partial charge in [-0.2, -0.15) is 9.50 Å². The number of benzene rings is 1. The topological polar surface area (TPSA) is 112 Å². The van der Waals surface area contributed by atoms with Crippen molar-refractivity contribution in [3.8, 4) is 23.1 Å². The number of rotatable bonds is 6. The van der Waals surface area contributed by atoms with E-state index in [2.05, 4.69) is 41.6 Å². The predicted molar refractivity (Wildman–Crippen MR) is 133 cm³/mol. The van der Waals surface area contributed by atoms with Crippen LogP contribution in [-0.2, 0) is 13.1 Å². The van der Waals surface area contributed by atoms with Gasteiger partial charge < -0.3 is 24.2 Å². The SMILES string of the molecule is Nc1nc2c(ccn2CCN2CCN(Cc3ccc4c(c3)OCO4)CC2)c2nc(-c3ccco3)nn12. The lowest BCUT2D eigenvalue weighted by molar-refractivity contribution is 0.124. The van der Waals surface area contributed by atoms with Crippen molar-refractivity contribution in [3.63, 3.8) is 0 Å². The van der Waals surface area contributed by atoms with Crippen LogP contribution in [0.2, 0.25) is 0 Å². The van der Waals surface area contributed by atoms with Gasteiger partial charge in [-0.05, 0) is 35.9 Å². The molecule has 1 aromatic carbocycles. The van der Waals surface area contributed by atoms with E-state index in [0.717, 1.165) is 68.3 Å². The first-order chi connectivity index (χ1) is 17.7. The Kier molecular flexibility index (Phi) is 5.03. The summed E-state index contributed by atoms with van der Waals surface area (Å²) in [5.74, 6) is 3.08. The Morgan fingerprint density at radius 1 is 0.889 bits per heavy atom. The van der Waals surface area contributed by atoms with E-state index in [1.165, 1.54) is 5.56 Å². The lowest BCUT2D eigenvalue weighted by Crippen LogP contribution is -2.46. The molecule has 2 N–H and O–H groups in total. The van der Waals surface area contributed by atoms with E-state index in [-0.39, 0.29) is 0 Å². The molecule has 0 amide bonds. The molecule has 2 aliphatic rings. The highest BCUT2D eigenvalue weighted by molar-refractivity contribution is 5.91. The van der Waals surface area contributed by atoms with Crippen LogP contribution in [0, 0.1) is 0 Å². The van der Waals surface area contributed by atoms with E-state index in [9.17, 15) is 0 Å². The van der Waals surface area contributed by atoms with Gasteiger partial charge in [-0.3, -0.25) is 9.80 Å². The number of piperazine rings is 1. The fraction of sp³-hybridized carbons (Fsp3) is 0.320. The van der Waals surface area contributed by atoms with Crippen molar-refractivity contribution in [3.05, 3.63) is 54.4 Å². The largest absolute Gasteiger partial charge is 0.461 e. The Labute approximate surface area is 206 Å². The molecule has 1 saturated heterocycles. The van der Waals surface area contributed by atoms with Crippen molar-refractivity contribution in [2.75, 3.05) is 45.3 Å². The number of ether oxygens (including phenoxy) is 2. The molecule has 0 radical (unpaired) electrons. The molecule has 0 aliphatic carbocycles. The number of furan rings is 1. The summed E-state index contributed by atoms with van der Waals surface area (Å²) in [7, 11) is 0. The number of anilines is 1. The zero-order chi connectivity index (χ0) is 24.1. The molecule has 0 unspecified atom stereocenters. The molecular weight excluding hydrogens is 460 g/mol. The molecule has 0 bridgehead atoms. The third-order valence-electron chi connectivity index (χ3n) is 6.93. The Bertz CT molecular complexity index is 1530. The number of nitrogens with zero attached hydrogens (tertiary/aromatic N) is 7. The van der Waals surface area contributed by atoms with Gasteiger partial charge in [0.2, 0.25) is 18.6 Å². The highest BCUT2D eigenvalue weighted by Crippen LogP contribution is 2.33. The van der Waals surface area contributed by atoms with Crippen LogP contribution in [0.3, 0.4) is 0 Å². The average Bonchev–Trinajstić information content (AvgIpc) is 3.69. The third-order valence-corrected chi connectivity index (χ3v) is 6.93. The number of fused-ring (bicyclic) bond motifs is 4. The van der Waals surface area contributed by atoms with Gasteiger partial charge in [0.1, 0.15) is 5.65 Å². The number of hydrogen-bond donors (Lipinski definition) is 1. The van der Waals surface area contributed by atoms with Crippen LogP contribution < -0.4 is 15.2 Å². The van der Waals surface area contributed by atoms with Gasteiger partial charge in [0.05, 0.1) is 11.6 Å². The number of aromatic nitrogens is 5. The van der Waals surface area contributed by atoms with E-state index < -0.39 is 0 Å². The van der Waals surface area contributed by atoms with Gasteiger partial charge in [0.15, 0.2) is 22.9 Å². The molecule has 184 valence electrons. The first kappa shape index (κ1) is 21.2. The summed E-state index contributed by atoms with van der Waals surface area (Å²) >= 11 is 0. The minimum absolute atomic E-state index is 0.305. The summed E-state index contributed by atoms with van der Waals surface area (Å²) in [6.45, 7) is 7.12. The molecule has 0 atom stereocenters. The average molecular weight is 487 g/mol. The molecular formula is C25H26N8O3. The summed E-state index contributed by atoms with van der Waals surface area (Å²) in [6, 6.07) is 11.9. The molecule has 1 fully saturated rings. The third kappa shape index (κ3) is 3.73. The Balaban J connectivity index is 1.01. The van der Waals surface area contributed by atoms with Gasteiger partial charge in [0, 0.05) is 52.0 Å². The van der Waals surface area contributed by atoms with Crippen molar-refractivity contribution < 1.29 is 13.9 Å². The van der Waals surface area contributed by atoms with Gasteiger partial charge in [-0.15, -0.1) is 5.10 Å². The van der Waals surface area contributed by atoms with Gasteiger partial charge in [-0.25, -0.2) is 4.98 Å². The van der Waals surface area contributed by atoms with Gasteiger partial charge in [0.25, 0.3) is 0 Å². The van der Waals surface area contributed by atoms with E-state index in [4.69, 9.17) is 19.6 Å². The van der Waals surface area contributed by atoms with Crippen molar-refractivity contribution in [2.45, 2.75) is 13.1 Å². The number of nitrogen functional groups attached to an aromatic ring is 1. The Morgan fingerprint density at radius 3 is 2.61 bits per heavy atom. The zero-order valence-electron chi connectivity index (χ0n) is 19.7. The zero-order valence-corrected chi connectivity index (χ0v) is 19.7. The second-order valence-electron chi connectivity index (χ2n) is 9.17. The molecule has 6 heterocycles. The molecule has 0 spiro atoms. The molecule has 4 aromatic heterocycles. The molecule has 2 aliphatic heterocycles. The summed E-state index contributed by atoms with van der Waals surface area (Å²) < 4.78 is 20.1. The Hall–Kier alpha value is -4.09. The predicted octanol–water partition coefficient (Wildman–Crippen LogP) is 2.47. The van der Waals surface area contributed by atoms with Crippen LogP contribution in [0.5, 0.6) is 11.5 Å². The normalized spacial score (nSPS) is 16.4. The first-order valence-corrected chi connectivity index (χ1v) is 12.1. The van der Waals surface area contributed by atoms with Crippen molar-refractivity contribution in [1.82, 2.24) is 33.9 Å². The second kappa shape index (κ2) is 8.54. The van der Waals surface area contributed by atoms with E-state index in [1.807, 2.05) is 30.5 Å². The molecule has 36 heavy (non-hydrogen) atoms.